The summed E-state index contributed by atoms with van der Waals surface area (Å²) in [6, 6.07) is 8.70. The van der Waals surface area contributed by atoms with Gasteiger partial charge >= 0.3 is 0 Å². The van der Waals surface area contributed by atoms with Gasteiger partial charge in [-0.1, -0.05) is 50.6 Å². The molecule has 0 fully saturated rings. The van der Waals surface area contributed by atoms with Crippen molar-refractivity contribution in [1.29, 1.82) is 0 Å². The first kappa shape index (κ1) is 17.3. The van der Waals surface area contributed by atoms with E-state index < -0.39 is 0 Å². The van der Waals surface area contributed by atoms with Crippen LogP contribution >= 0.6 is 11.8 Å². The molecular formula is C16H27NS. The Morgan fingerprint density at radius 1 is 1.17 bits per heavy atom. The standard InChI is InChI=1S/C14H21NS.C2H6/c1-5-16-14(10(2)3)13-8-6-12(7-9-13)11(4)15;1-2/h6-9,11H,5,15H2,1-4H3;1-2H3/t11-;/m0./s1. The lowest BCUT2D eigenvalue weighted by Crippen LogP contribution is -2.04. The normalized spacial score (nSPS) is 11.3. The molecule has 1 aromatic carbocycles. The van der Waals surface area contributed by atoms with E-state index in [1.54, 1.807) is 0 Å². The first-order valence-corrected chi connectivity index (χ1v) is 7.71. The lowest BCUT2D eigenvalue weighted by molar-refractivity contribution is 0.818. The molecule has 0 saturated carbocycles. The molecule has 0 bridgehead atoms. The second-order valence-electron chi connectivity index (χ2n) is 4.17. The Morgan fingerprint density at radius 2 is 1.67 bits per heavy atom. The van der Waals surface area contributed by atoms with Crippen LogP contribution in [0.15, 0.2) is 29.8 Å². The molecule has 0 saturated heterocycles. The van der Waals surface area contributed by atoms with Crippen LogP contribution in [0.4, 0.5) is 0 Å². The topological polar surface area (TPSA) is 26.0 Å². The molecule has 0 radical (unpaired) electrons. The molecule has 0 unspecified atom stereocenters. The van der Waals surface area contributed by atoms with Gasteiger partial charge in [0, 0.05) is 10.9 Å². The molecule has 0 aliphatic heterocycles. The number of hydrogen-bond donors (Lipinski definition) is 1. The van der Waals surface area contributed by atoms with Crippen LogP contribution in [-0.2, 0) is 0 Å². The molecule has 0 amide bonds. The zero-order chi connectivity index (χ0) is 14.1. The highest BCUT2D eigenvalue weighted by atomic mass is 32.2. The first-order chi connectivity index (χ1) is 8.56. The fourth-order valence-electron chi connectivity index (χ4n) is 1.60. The van der Waals surface area contributed by atoms with Crippen molar-refractivity contribution in [2.24, 2.45) is 5.73 Å². The predicted molar refractivity (Wildman–Crippen MR) is 86.8 cm³/mol. The maximum Gasteiger partial charge on any atom is 0.0266 e. The third kappa shape index (κ3) is 5.28. The monoisotopic (exact) mass is 265 g/mol. The first-order valence-electron chi connectivity index (χ1n) is 6.72. The van der Waals surface area contributed by atoms with Crippen molar-refractivity contribution >= 4 is 16.7 Å². The third-order valence-corrected chi connectivity index (χ3v) is 3.66. The molecule has 0 heterocycles. The molecule has 0 aliphatic rings. The van der Waals surface area contributed by atoms with E-state index in [9.17, 15) is 0 Å². The number of thioether (sulfide) groups is 1. The van der Waals surface area contributed by atoms with Gasteiger partial charge < -0.3 is 5.73 Å². The Hall–Kier alpha value is -0.730. The summed E-state index contributed by atoms with van der Waals surface area (Å²) < 4.78 is 0. The molecule has 1 rings (SSSR count). The molecule has 1 aromatic rings. The summed E-state index contributed by atoms with van der Waals surface area (Å²) in [5.74, 6) is 1.11. The summed E-state index contributed by atoms with van der Waals surface area (Å²) in [7, 11) is 0. The molecule has 1 nitrogen and oxygen atoms in total. The number of hydrogen-bond acceptors (Lipinski definition) is 2. The highest BCUT2D eigenvalue weighted by Gasteiger charge is 2.05. The molecule has 0 aliphatic carbocycles. The largest absolute Gasteiger partial charge is 0.324 e. The van der Waals surface area contributed by atoms with Crippen LogP contribution in [0.25, 0.3) is 4.91 Å². The molecule has 1 atom stereocenters. The van der Waals surface area contributed by atoms with E-state index in [1.165, 1.54) is 21.6 Å². The molecular weight excluding hydrogens is 238 g/mol. The molecule has 2 N–H and O–H groups in total. The number of nitrogens with two attached hydrogens (primary N) is 1. The number of allylic oxidation sites excluding steroid dienone is 1. The van der Waals surface area contributed by atoms with Gasteiger partial charge in [-0.05, 0) is 37.7 Å². The second kappa shape index (κ2) is 9.23. The Morgan fingerprint density at radius 3 is 2.00 bits per heavy atom. The molecule has 2 heteroatoms. The van der Waals surface area contributed by atoms with Crippen molar-refractivity contribution in [3.8, 4) is 0 Å². The molecule has 0 spiro atoms. The van der Waals surface area contributed by atoms with Gasteiger partial charge in [-0.3, -0.25) is 0 Å². The summed E-state index contributed by atoms with van der Waals surface area (Å²) in [5.41, 5.74) is 9.71. The van der Waals surface area contributed by atoms with Gasteiger partial charge in [0.2, 0.25) is 0 Å². The Balaban J connectivity index is 0.00000137. The molecule has 102 valence electrons. The van der Waals surface area contributed by atoms with Crippen LogP contribution in [0, 0.1) is 0 Å². The maximum absolute atomic E-state index is 5.84. The minimum absolute atomic E-state index is 0.114. The summed E-state index contributed by atoms with van der Waals surface area (Å²) in [6.45, 7) is 12.5. The quantitative estimate of drug-likeness (QED) is 0.806. The lowest BCUT2D eigenvalue weighted by Gasteiger charge is -2.11. The minimum Gasteiger partial charge on any atom is -0.324 e. The van der Waals surface area contributed by atoms with Crippen molar-refractivity contribution in [2.75, 3.05) is 5.75 Å². The van der Waals surface area contributed by atoms with Crippen molar-refractivity contribution < 1.29 is 0 Å². The summed E-state index contributed by atoms with van der Waals surface area (Å²) >= 11 is 1.90. The van der Waals surface area contributed by atoms with E-state index in [0.29, 0.717) is 0 Å². The van der Waals surface area contributed by atoms with E-state index >= 15 is 0 Å². The van der Waals surface area contributed by atoms with Crippen LogP contribution in [0.1, 0.15) is 58.7 Å². The fourth-order valence-corrected chi connectivity index (χ4v) is 2.48. The van der Waals surface area contributed by atoms with E-state index in [0.717, 1.165) is 5.75 Å². The van der Waals surface area contributed by atoms with Crippen LogP contribution < -0.4 is 5.73 Å². The smallest absolute Gasteiger partial charge is 0.0266 e. The lowest BCUT2D eigenvalue weighted by atomic mass is 10.1. The second-order valence-corrected chi connectivity index (χ2v) is 5.45. The minimum atomic E-state index is 0.114. The number of rotatable bonds is 4. The van der Waals surface area contributed by atoms with E-state index in [-0.39, 0.29) is 6.04 Å². The van der Waals surface area contributed by atoms with E-state index in [4.69, 9.17) is 5.73 Å². The maximum atomic E-state index is 5.84. The third-order valence-electron chi connectivity index (χ3n) is 2.44. The van der Waals surface area contributed by atoms with E-state index in [2.05, 4.69) is 45.0 Å². The van der Waals surface area contributed by atoms with Gasteiger partial charge in [0.15, 0.2) is 0 Å². The van der Waals surface area contributed by atoms with Crippen molar-refractivity contribution in [3.05, 3.63) is 41.0 Å². The fraction of sp³-hybridized carbons (Fsp3) is 0.500. The van der Waals surface area contributed by atoms with Crippen LogP contribution in [0.2, 0.25) is 0 Å². The van der Waals surface area contributed by atoms with Gasteiger partial charge in [0.1, 0.15) is 0 Å². The SMILES string of the molecule is CC.CCSC(=C(C)C)c1ccc([C@H](C)N)cc1. The average Bonchev–Trinajstić information content (AvgIpc) is 2.38. The highest BCUT2D eigenvalue weighted by Crippen LogP contribution is 2.30. The van der Waals surface area contributed by atoms with Gasteiger partial charge in [-0.25, -0.2) is 0 Å². The molecule has 0 aromatic heterocycles. The van der Waals surface area contributed by atoms with Crippen molar-refractivity contribution in [2.45, 2.75) is 47.6 Å². The average molecular weight is 265 g/mol. The summed E-state index contributed by atoms with van der Waals surface area (Å²) in [5, 5.41) is 0. The van der Waals surface area contributed by atoms with Crippen LogP contribution in [0.5, 0.6) is 0 Å². The Labute approximate surface area is 117 Å². The highest BCUT2D eigenvalue weighted by molar-refractivity contribution is 8.08. The number of benzene rings is 1. The van der Waals surface area contributed by atoms with Crippen LogP contribution in [-0.4, -0.2) is 5.75 Å². The zero-order valence-electron chi connectivity index (χ0n) is 12.6. The van der Waals surface area contributed by atoms with E-state index in [1.807, 2.05) is 32.5 Å². The van der Waals surface area contributed by atoms with Crippen molar-refractivity contribution in [1.82, 2.24) is 0 Å². The van der Waals surface area contributed by atoms with Crippen molar-refractivity contribution in [3.63, 3.8) is 0 Å². The van der Waals surface area contributed by atoms with Gasteiger partial charge in [-0.2, -0.15) is 0 Å². The van der Waals surface area contributed by atoms with Crippen LogP contribution in [0.3, 0.4) is 0 Å². The summed E-state index contributed by atoms with van der Waals surface area (Å²) in [6.07, 6.45) is 0. The molecule has 18 heavy (non-hydrogen) atoms. The van der Waals surface area contributed by atoms with Gasteiger partial charge in [0.05, 0.1) is 0 Å². The summed E-state index contributed by atoms with van der Waals surface area (Å²) in [4.78, 5) is 1.39. The zero-order valence-corrected chi connectivity index (χ0v) is 13.4. The Kier molecular flexibility index (Phi) is 8.86. The van der Waals surface area contributed by atoms with Gasteiger partial charge in [0.25, 0.3) is 0 Å². The predicted octanol–water partition coefficient (Wildman–Crippen LogP) is 5.24. The Bertz CT molecular complexity index is 359. The van der Waals surface area contributed by atoms with Gasteiger partial charge in [-0.15, -0.1) is 11.8 Å².